The summed E-state index contributed by atoms with van der Waals surface area (Å²) in [6.07, 6.45) is 9.68. The van der Waals surface area contributed by atoms with Gasteiger partial charge in [0.1, 0.15) is 13.2 Å². The Balaban J connectivity index is 1.43. The van der Waals surface area contributed by atoms with Crippen molar-refractivity contribution in [1.82, 2.24) is 4.90 Å². The van der Waals surface area contributed by atoms with Crippen molar-refractivity contribution in [3.05, 3.63) is 0 Å². The molecule has 0 aromatic rings. The van der Waals surface area contributed by atoms with Gasteiger partial charge in [-0.2, -0.15) is 0 Å². The second-order valence-electron chi connectivity index (χ2n) is 8.43. The molecule has 26 heavy (non-hydrogen) atoms. The molecule has 2 aliphatic heterocycles. The molecule has 6 nitrogen and oxygen atoms in total. The molecule has 0 aromatic carbocycles. The lowest BCUT2D eigenvalue weighted by atomic mass is 9.76. The summed E-state index contributed by atoms with van der Waals surface area (Å²) in [6.45, 7) is 0.851. The predicted octanol–water partition coefficient (Wildman–Crippen LogP) is 2.24. The van der Waals surface area contributed by atoms with Crippen molar-refractivity contribution in [1.29, 1.82) is 0 Å². The number of nitrogens with zero attached hydrogens (tertiary/aromatic N) is 1. The van der Waals surface area contributed by atoms with Crippen LogP contribution in [0.4, 0.5) is 0 Å². The number of esters is 2. The summed E-state index contributed by atoms with van der Waals surface area (Å²) in [7, 11) is 0. The fraction of sp³-hybridized carbons (Fsp3) is 0.850. The highest BCUT2D eigenvalue weighted by Gasteiger charge is 2.61. The van der Waals surface area contributed by atoms with Gasteiger partial charge in [0, 0.05) is 6.54 Å². The van der Waals surface area contributed by atoms with Crippen LogP contribution in [0.1, 0.15) is 64.2 Å². The highest BCUT2D eigenvalue weighted by molar-refractivity contribution is 6.00. The van der Waals surface area contributed by atoms with E-state index in [-0.39, 0.29) is 48.8 Å². The number of ether oxygens (including phenoxy) is 2. The fourth-order valence-corrected chi connectivity index (χ4v) is 4.53. The van der Waals surface area contributed by atoms with Crippen molar-refractivity contribution in [2.45, 2.75) is 75.8 Å². The minimum absolute atomic E-state index is 0.0142. The van der Waals surface area contributed by atoms with Crippen LogP contribution in [0.2, 0.25) is 0 Å². The average molecular weight is 363 g/mol. The summed E-state index contributed by atoms with van der Waals surface area (Å²) in [4.78, 5) is 39.5. The van der Waals surface area contributed by atoms with Gasteiger partial charge in [0.15, 0.2) is 11.3 Å². The SMILES string of the molecule is O=C(OCC1(COC(=O)C2CCC2)C(=O)C2CCCCCN21)C1CCC1. The first-order chi connectivity index (χ1) is 12.6. The molecule has 6 heteroatoms. The maximum absolute atomic E-state index is 13.0. The maximum atomic E-state index is 13.0. The molecule has 0 bridgehead atoms. The van der Waals surface area contributed by atoms with E-state index in [1.807, 2.05) is 0 Å². The number of ketones is 1. The van der Waals surface area contributed by atoms with E-state index in [0.29, 0.717) is 0 Å². The Labute approximate surface area is 154 Å². The van der Waals surface area contributed by atoms with Crippen LogP contribution in [0.3, 0.4) is 0 Å². The van der Waals surface area contributed by atoms with Crippen LogP contribution < -0.4 is 0 Å². The molecule has 4 aliphatic rings. The molecule has 1 atom stereocenters. The molecule has 1 unspecified atom stereocenters. The van der Waals surface area contributed by atoms with Gasteiger partial charge in [-0.15, -0.1) is 0 Å². The second kappa shape index (κ2) is 7.29. The van der Waals surface area contributed by atoms with Crippen molar-refractivity contribution >= 4 is 17.7 Å². The van der Waals surface area contributed by atoms with E-state index >= 15 is 0 Å². The Morgan fingerprint density at radius 1 is 0.846 bits per heavy atom. The Bertz CT molecular complexity index is 551. The van der Waals surface area contributed by atoms with E-state index in [2.05, 4.69) is 4.90 Å². The monoisotopic (exact) mass is 363 g/mol. The van der Waals surface area contributed by atoms with Crippen LogP contribution in [0, 0.1) is 11.8 Å². The van der Waals surface area contributed by atoms with Crippen LogP contribution >= 0.6 is 0 Å². The van der Waals surface area contributed by atoms with E-state index in [1.165, 1.54) is 0 Å². The van der Waals surface area contributed by atoms with E-state index in [0.717, 1.165) is 70.8 Å². The first kappa shape index (κ1) is 18.0. The zero-order chi connectivity index (χ0) is 18.1. The molecule has 4 rings (SSSR count). The quantitative estimate of drug-likeness (QED) is 0.674. The Morgan fingerprint density at radius 2 is 1.42 bits per heavy atom. The molecule has 0 N–H and O–H groups in total. The fourth-order valence-electron chi connectivity index (χ4n) is 4.53. The van der Waals surface area contributed by atoms with Crippen molar-refractivity contribution in [2.75, 3.05) is 19.8 Å². The van der Waals surface area contributed by atoms with Crippen LogP contribution in [0.15, 0.2) is 0 Å². The topological polar surface area (TPSA) is 72.9 Å². The molecule has 0 radical (unpaired) electrons. The second-order valence-corrected chi connectivity index (χ2v) is 8.43. The molecular weight excluding hydrogens is 334 g/mol. The molecule has 144 valence electrons. The number of carbonyl (C=O) groups is 3. The van der Waals surface area contributed by atoms with Gasteiger partial charge in [-0.3, -0.25) is 19.3 Å². The van der Waals surface area contributed by atoms with Crippen molar-refractivity contribution < 1.29 is 23.9 Å². The molecule has 2 saturated heterocycles. The van der Waals surface area contributed by atoms with Crippen LogP contribution in [0.5, 0.6) is 0 Å². The molecule has 2 aliphatic carbocycles. The van der Waals surface area contributed by atoms with E-state index < -0.39 is 5.54 Å². The number of hydrogen-bond acceptors (Lipinski definition) is 6. The zero-order valence-corrected chi connectivity index (χ0v) is 15.4. The van der Waals surface area contributed by atoms with E-state index in [1.54, 1.807) is 0 Å². The molecule has 0 aromatic heterocycles. The lowest BCUT2D eigenvalue weighted by Gasteiger charge is -2.55. The lowest BCUT2D eigenvalue weighted by Crippen LogP contribution is -2.78. The highest BCUT2D eigenvalue weighted by Crippen LogP contribution is 2.40. The largest absolute Gasteiger partial charge is 0.463 e. The smallest absolute Gasteiger partial charge is 0.309 e. The van der Waals surface area contributed by atoms with Crippen LogP contribution in [-0.4, -0.2) is 54.0 Å². The average Bonchev–Trinajstić information content (AvgIpc) is 2.75. The Morgan fingerprint density at radius 3 is 1.92 bits per heavy atom. The number of hydrogen-bond donors (Lipinski definition) is 0. The molecule has 4 fully saturated rings. The van der Waals surface area contributed by atoms with Crippen LogP contribution in [0.25, 0.3) is 0 Å². The first-order valence-corrected chi connectivity index (χ1v) is 10.3. The normalized spacial score (nSPS) is 28.8. The number of Topliss-reactive ketones (excluding diaryl/α,β-unsaturated/α-hetero) is 1. The molecule has 2 saturated carbocycles. The van der Waals surface area contributed by atoms with Crippen molar-refractivity contribution in [3.63, 3.8) is 0 Å². The molecule has 0 spiro atoms. The van der Waals surface area contributed by atoms with Gasteiger partial charge < -0.3 is 9.47 Å². The van der Waals surface area contributed by atoms with Gasteiger partial charge in [0.2, 0.25) is 0 Å². The molecular formula is C20H29NO5. The maximum Gasteiger partial charge on any atom is 0.309 e. The zero-order valence-electron chi connectivity index (χ0n) is 15.4. The standard InChI is InChI=1S/C20H29NO5/c22-17-16-10-2-1-3-11-21(16)20(17,12-25-18(23)14-6-4-7-14)13-26-19(24)15-8-5-9-15/h14-16H,1-13H2. The number of rotatable bonds is 6. The van der Waals surface area contributed by atoms with Gasteiger partial charge >= 0.3 is 11.9 Å². The van der Waals surface area contributed by atoms with Gasteiger partial charge in [-0.05, 0) is 38.5 Å². The number of fused-ring (bicyclic) bond motifs is 1. The summed E-state index contributed by atoms with van der Waals surface area (Å²) >= 11 is 0. The van der Waals surface area contributed by atoms with Gasteiger partial charge in [0.25, 0.3) is 0 Å². The summed E-state index contributed by atoms with van der Waals surface area (Å²) in [5.74, 6) is -0.347. The highest BCUT2D eigenvalue weighted by atomic mass is 16.6. The third kappa shape index (κ3) is 3.06. The predicted molar refractivity (Wildman–Crippen MR) is 93.3 cm³/mol. The minimum Gasteiger partial charge on any atom is -0.463 e. The lowest BCUT2D eigenvalue weighted by molar-refractivity contribution is -0.187. The molecule has 2 heterocycles. The van der Waals surface area contributed by atoms with E-state index in [4.69, 9.17) is 9.47 Å². The third-order valence-electron chi connectivity index (χ3n) is 6.85. The summed E-state index contributed by atoms with van der Waals surface area (Å²) in [5, 5.41) is 0. The Kier molecular flexibility index (Phi) is 5.04. The van der Waals surface area contributed by atoms with Gasteiger partial charge in [-0.25, -0.2) is 0 Å². The van der Waals surface area contributed by atoms with Gasteiger partial charge in [0.05, 0.1) is 17.9 Å². The summed E-state index contributed by atoms with van der Waals surface area (Å²) in [5.41, 5.74) is -0.951. The van der Waals surface area contributed by atoms with Crippen molar-refractivity contribution in [2.24, 2.45) is 11.8 Å². The van der Waals surface area contributed by atoms with Crippen LogP contribution in [-0.2, 0) is 23.9 Å². The van der Waals surface area contributed by atoms with Crippen molar-refractivity contribution in [3.8, 4) is 0 Å². The third-order valence-corrected chi connectivity index (χ3v) is 6.85. The van der Waals surface area contributed by atoms with Gasteiger partial charge in [-0.1, -0.05) is 25.7 Å². The van der Waals surface area contributed by atoms with E-state index in [9.17, 15) is 14.4 Å². The Hall–Kier alpha value is -1.43. The first-order valence-electron chi connectivity index (χ1n) is 10.3. The molecule has 0 amide bonds. The minimum atomic E-state index is -0.951. The summed E-state index contributed by atoms with van der Waals surface area (Å²) in [6, 6.07) is -0.0951. The summed E-state index contributed by atoms with van der Waals surface area (Å²) < 4.78 is 11.1. The number of carbonyl (C=O) groups excluding carboxylic acids is 3.